The molecule has 170 valence electrons. The van der Waals surface area contributed by atoms with Gasteiger partial charge in [0.15, 0.2) is 0 Å². The number of rotatable bonds is 6. The summed E-state index contributed by atoms with van der Waals surface area (Å²) in [4.78, 5) is 12.0. The highest BCUT2D eigenvalue weighted by Gasteiger charge is 2.15. The van der Waals surface area contributed by atoms with E-state index in [0.29, 0.717) is 0 Å². The summed E-state index contributed by atoms with van der Waals surface area (Å²) < 4.78 is 5.32. The highest BCUT2D eigenvalue weighted by Crippen LogP contribution is 2.35. The van der Waals surface area contributed by atoms with Gasteiger partial charge in [-0.1, -0.05) is 55.5 Å². The van der Waals surface area contributed by atoms with E-state index in [-0.39, 0.29) is 17.5 Å². The first-order chi connectivity index (χ1) is 15.7. The highest BCUT2D eigenvalue weighted by atomic mass is 16.6. The second-order valence-corrected chi connectivity index (χ2v) is 8.79. The summed E-state index contributed by atoms with van der Waals surface area (Å²) >= 11 is 0. The fourth-order valence-corrected chi connectivity index (χ4v) is 3.59. The smallest absolute Gasteiger partial charge is 0.331 e. The molecule has 0 heterocycles. The summed E-state index contributed by atoms with van der Waals surface area (Å²) in [6.07, 6.45) is 3.97. The molecule has 4 nitrogen and oxygen atoms in total. The van der Waals surface area contributed by atoms with E-state index in [0.717, 1.165) is 39.8 Å². The van der Waals surface area contributed by atoms with Crippen molar-refractivity contribution < 1.29 is 19.7 Å². The van der Waals surface area contributed by atoms with E-state index in [4.69, 9.17) is 4.74 Å². The Kier molecular flexibility index (Phi) is 7.39. The van der Waals surface area contributed by atoms with Crippen molar-refractivity contribution >= 4 is 23.2 Å². The van der Waals surface area contributed by atoms with Crippen LogP contribution >= 0.6 is 0 Å². The van der Waals surface area contributed by atoms with Crippen LogP contribution < -0.4 is 0 Å². The van der Waals surface area contributed by atoms with Crippen LogP contribution in [0.1, 0.15) is 56.4 Å². The Morgan fingerprint density at radius 2 is 1.24 bits per heavy atom. The molecule has 0 saturated carbocycles. The van der Waals surface area contributed by atoms with Crippen molar-refractivity contribution in [3.8, 4) is 11.5 Å². The van der Waals surface area contributed by atoms with Crippen LogP contribution in [0.2, 0.25) is 0 Å². The summed E-state index contributed by atoms with van der Waals surface area (Å²) in [5.74, 6) is 0.0497. The zero-order valence-electron chi connectivity index (χ0n) is 19.5. The lowest BCUT2D eigenvalue weighted by Gasteiger charge is -2.18. The van der Waals surface area contributed by atoms with Crippen LogP contribution in [0, 0.1) is 0 Å². The second-order valence-electron chi connectivity index (χ2n) is 8.79. The predicted octanol–water partition coefficient (Wildman–Crippen LogP) is 6.82. The van der Waals surface area contributed by atoms with Gasteiger partial charge in [-0.05, 0) is 90.9 Å². The van der Waals surface area contributed by atoms with Crippen molar-refractivity contribution in [2.45, 2.75) is 39.7 Å². The summed E-state index contributed by atoms with van der Waals surface area (Å²) in [6, 6.07) is 22.3. The number of allylic oxidation sites excluding steroid dienone is 1. The van der Waals surface area contributed by atoms with Gasteiger partial charge in [0.05, 0.1) is 0 Å². The van der Waals surface area contributed by atoms with Gasteiger partial charge in [0, 0.05) is 6.08 Å². The molecule has 0 bridgehead atoms. The van der Waals surface area contributed by atoms with E-state index < -0.39 is 5.60 Å². The Morgan fingerprint density at radius 3 is 1.67 bits per heavy atom. The van der Waals surface area contributed by atoms with Gasteiger partial charge in [0.1, 0.15) is 17.1 Å². The van der Waals surface area contributed by atoms with Gasteiger partial charge in [-0.3, -0.25) is 0 Å². The maximum Gasteiger partial charge on any atom is 0.331 e. The second kappa shape index (κ2) is 10.2. The van der Waals surface area contributed by atoms with Gasteiger partial charge in [-0.25, -0.2) is 4.79 Å². The fourth-order valence-electron chi connectivity index (χ4n) is 3.59. The Balaban J connectivity index is 2.00. The Morgan fingerprint density at radius 1 is 0.788 bits per heavy atom. The van der Waals surface area contributed by atoms with Crippen LogP contribution in [-0.2, 0) is 9.53 Å². The van der Waals surface area contributed by atoms with Crippen molar-refractivity contribution in [1.82, 2.24) is 0 Å². The van der Waals surface area contributed by atoms with E-state index in [1.807, 2.05) is 69.3 Å². The quantitative estimate of drug-likeness (QED) is 0.250. The molecule has 0 radical (unpaired) electrons. The van der Waals surface area contributed by atoms with Crippen molar-refractivity contribution in [1.29, 1.82) is 0 Å². The van der Waals surface area contributed by atoms with Crippen LogP contribution in [-0.4, -0.2) is 21.8 Å². The standard InChI is InChI=1S/C29H30O4/c1-5-26(21-9-6-20(7-10-21)8-19-27(32)33-29(2,3)4)28(22-11-15-24(30)16-12-22)23-13-17-25(31)18-14-23/h6-19,30-31H,5H2,1-4H3/b19-8+. The van der Waals surface area contributed by atoms with Crippen LogP contribution in [0.3, 0.4) is 0 Å². The predicted molar refractivity (Wildman–Crippen MR) is 134 cm³/mol. The molecule has 0 unspecified atom stereocenters. The molecule has 0 aliphatic carbocycles. The van der Waals surface area contributed by atoms with Crippen LogP contribution in [0.15, 0.2) is 78.9 Å². The normalized spacial score (nSPS) is 11.4. The highest BCUT2D eigenvalue weighted by molar-refractivity contribution is 5.98. The number of esters is 1. The summed E-state index contributed by atoms with van der Waals surface area (Å²) in [5, 5.41) is 19.5. The van der Waals surface area contributed by atoms with Crippen molar-refractivity contribution in [3.05, 3.63) is 101 Å². The maximum atomic E-state index is 12.0. The van der Waals surface area contributed by atoms with E-state index in [2.05, 4.69) is 6.92 Å². The first-order valence-electron chi connectivity index (χ1n) is 11.0. The van der Waals surface area contributed by atoms with Gasteiger partial charge in [-0.15, -0.1) is 0 Å². The molecule has 0 spiro atoms. The molecule has 3 rings (SSSR count). The minimum Gasteiger partial charge on any atom is -0.508 e. The number of phenolic OH excluding ortho intramolecular Hbond substituents is 2. The van der Waals surface area contributed by atoms with E-state index in [1.165, 1.54) is 6.08 Å². The molecule has 3 aromatic carbocycles. The minimum absolute atomic E-state index is 0.211. The molecule has 0 amide bonds. The number of hydrogen-bond donors (Lipinski definition) is 2. The Hall–Kier alpha value is -3.79. The van der Waals surface area contributed by atoms with Gasteiger partial charge in [-0.2, -0.15) is 0 Å². The average molecular weight is 443 g/mol. The molecule has 33 heavy (non-hydrogen) atoms. The fraction of sp³-hybridized carbons (Fsp3) is 0.207. The molecule has 0 aliphatic heterocycles. The first kappa shape index (κ1) is 23.9. The first-order valence-corrected chi connectivity index (χ1v) is 11.0. The zero-order chi connectivity index (χ0) is 24.0. The van der Waals surface area contributed by atoms with E-state index >= 15 is 0 Å². The maximum absolute atomic E-state index is 12.0. The molecule has 4 heteroatoms. The zero-order valence-corrected chi connectivity index (χ0v) is 19.5. The third-order valence-electron chi connectivity index (χ3n) is 5.05. The minimum atomic E-state index is -0.523. The van der Waals surface area contributed by atoms with E-state index in [1.54, 1.807) is 30.3 Å². The number of hydrogen-bond acceptors (Lipinski definition) is 4. The number of ether oxygens (including phenoxy) is 1. The van der Waals surface area contributed by atoms with Gasteiger partial charge >= 0.3 is 5.97 Å². The summed E-state index contributed by atoms with van der Waals surface area (Å²) in [5.41, 5.74) is 5.56. The van der Waals surface area contributed by atoms with Crippen LogP contribution in [0.4, 0.5) is 0 Å². The monoisotopic (exact) mass is 442 g/mol. The molecule has 0 saturated heterocycles. The van der Waals surface area contributed by atoms with Crippen molar-refractivity contribution in [2.24, 2.45) is 0 Å². The van der Waals surface area contributed by atoms with E-state index in [9.17, 15) is 15.0 Å². The van der Waals surface area contributed by atoms with Crippen molar-refractivity contribution in [2.75, 3.05) is 0 Å². The number of benzene rings is 3. The third kappa shape index (κ3) is 6.59. The SMILES string of the molecule is CCC(=C(c1ccc(O)cc1)c1ccc(O)cc1)c1ccc(/C=C/C(=O)OC(C)(C)C)cc1. The molecule has 0 fully saturated rings. The Bertz CT molecular complexity index is 1100. The van der Waals surface area contributed by atoms with Crippen molar-refractivity contribution in [3.63, 3.8) is 0 Å². The molecule has 0 atom stereocenters. The lowest BCUT2D eigenvalue weighted by molar-refractivity contribution is -0.148. The lowest BCUT2D eigenvalue weighted by atomic mass is 9.88. The van der Waals surface area contributed by atoms with Gasteiger partial charge < -0.3 is 14.9 Å². The number of carbonyl (C=O) groups excluding carboxylic acids is 1. The lowest BCUT2D eigenvalue weighted by Crippen LogP contribution is -2.22. The molecule has 3 aromatic rings. The molecular formula is C29H30O4. The molecule has 2 N–H and O–H groups in total. The summed E-state index contributed by atoms with van der Waals surface area (Å²) in [7, 11) is 0. The molecule has 0 aromatic heterocycles. The number of phenols is 2. The van der Waals surface area contributed by atoms with Crippen LogP contribution in [0.25, 0.3) is 17.2 Å². The van der Waals surface area contributed by atoms with Crippen LogP contribution in [0.5, 0.6) is 11.5 Å². The summed E-state index contributed by atoms with van der Waals surface area (Å²) in [6.45, 7) is 7.62. The topological polar surface area (TPSA) is 66.8 Å². The number of carbonyl (C=O) groups is 1. The largest absolute Gasteiger partial charge is 0.508 e. The molecular weight excluding hydrogens is 412 g/mol. The third-order valence-corrected chi connectivity index (χ3v) is 5.05. The van der Waals surface area contributed by atoms with Gasteiger partial charge in [0.25, 0.3) is 0 Å². The van der Waals surface area contributed by atoms with Gasteiger partial charge in [0.2, 0.25) is 0 Å². The molecule has 0 aliphatic rings. The Labute approximate surface area is 195 Å². The average Bonchev–Trinajstić information content (AvgIpc) is 2.77. The number of aromatic hydroxyl groups is 2.